The van der Waals surface area contributed by atoms with Crippen molar-refractivity contribution in [2.24, 2.45) is 0 Å². The molecule has 14 nitrogen and oxygen atoms in total. The van der Waals surface area contributed by atoms with E-state index in [-0.39, 0.29) is 50.5 Å². The van der Waals surface area contributed by atoms with E-state index in [0.29, 0.717) is 75.5 Å². The third kappa shape index (κ3) is 24.5. The Bertz CT molecular complexity index is 5330. The highest BCUT2D eigenvalue weighted by molar-refractivity contribution is 6.04. The fraction of sp³-hybridized carbons (Fsp3) is 0.252. The lowest BCUT2D eigenvalue weighted by Crippen LogP contribution is -2.44. The van der Waals surface area contributed by atoms with E-state index in [9.17, 15) is 25.5 Å². The number of anilines is 1. The van der Waals surface area contributed by atoms with Crippen molar-refractivity contribution in [1.29, 1.82) is 0 Å². The molecule has 0 aliphatic carbocycles. The third-order valence-corrected chi connectivity index (χ3v) is 22.1. The molecule has 0 fully saturated rings. The summed E-state index contributed by atoms with van der Waals surface area (Å²) >= 11 is 0. The zero-order chi connectivity index (χ0) is 84.3. The van der Waals surface area contributed by atoms with Gasteiger partial charge >= 0.3 is 0 Å². The summed E-state index contributed by atoms with van der Waals surface area (Å²) in [6.45, 7) is 16.8. The minimum atomic E-state index is -0.848. The van der Waals surface area contributed by atoms with Gasteiger partial charge in [-0.05, 0) is 220 Å². The molecule has 16 rings (SSSR count). The highest BCUT2D eigenvalue weighted by Crippen LogP contribution is 2.37. The largest absolute Gasteiger partial charge is 0.491 e. The van der Waals surface area contributed by atoms with Gasteiger partial charge < -0.3 is 64.6 Å². The smallest absolute Gasteiger partial charge is 0.122 e. The molecule has 5 atom stereocenters. The van der Waals surface area contributed by atoms with Crippen LogP contribution in [0.15, 0.2) is 334 Å². The summed E-state index contributed by atoms with van der Waals surface area (Å²) in [5, 5.41) is 80.0. The van der Waals surface area contributed by atoms with Crippen LogP contribution in [0.2, 0.25) is 0 Å². The molecule has 16 aromatic carbocycles. The van der Waals surface area contributed by atoms with E-state index in [1.165, 1.54) is 75.4 Å². The van der Waals surface area contributed by atoms with Crippen LogP contribution in [-0.4, -0.2) is 153 Å². The Kier molecular flexibility index (Phi) is 30.9. The number of ether oxygens (including phenoxy) is 6. The molecular weight excluding hydrogens is 1500 g/mol. The second-order valence-corrected chi connectivity index (χ2v) is 31.9. The maximum Gasteiger partial charge on any atom is 0.122 e. The van der Waals surface area contributed by atoms with Crippen molar-refractivity contribution in [3.63, 3.8) is 0 Å². The second-order valence-electron chi connectivity index (χ2n) is 31.9. The molecule has 7 N–H and O–H groups in total. The molecule has 0 heterocycles. The molecule has 0 bridgehead atoms. The van der Waals surface area contributed by atoms with Gasteiger partial charge in [0, 0.05) is 74.4 Å². The Morgan fingerprint density at radius 3 is 0.826 bits per heavy atom. The van der Waals surface area contributed by atoms with Crippen LogP contribution in [0.3, 0.4) is 0 Å². The van der Waals surface area contributed by atoms with Crippen LogP contribution in [0.25, 0.3) is 86.2 Å². The molecule has 622 valence electrons. The Morgan fingerprint density at radius 1 is 0.281 bits per heavy atom. The number of benzene rings is 16. The van der Waals surface area contributed by atoms with E-state index in [4.69, 9.17) is 28.4 Å². The van der Waals surface area contributed by atoms with E-state index in [2.05, 4.69) is 263 Å². The molecule has 0 spiro atoms. The predicted octanol–water partition coefficient (Wildman–Crippen LogP) is 20.7. The number of hydrogen-bond donors (Lipinski definition) is 7. The van der Waals surface area contributed by atoms with Crippen LogP contribution in [0.5, 0.6) is 23.0 Å². The summed E-state index contributed by atoms with van der Waals surface area (Å²) in [6, 6.07) is 115. The van der Waals surface area contributed by atoms with Gasteiger partial charge in [0.25, 0.3) is 0 Å². The molecule has 0 amide bonds. The molecule has 0 saturated heterocycles. The number of nitrogens with zero attached hydrogens (tertiary/aromatic N) is 1. The normalized spacial score (nSPS) is 12.9. The van der Waals surface area contributed by atoms with Gasteiger partial charge in [-0.3, -0.25) is 4.90 Å². The lowest BCUT2D eigenvalue weighted by Gasteiger charge is -2.27. The average molecular weight is 1620 g/mol. The fourth-order valence-electron chi connectivity index (χ4n) is 15.1. The maximum atomic E-state index is 10.8. The van der Waals surface area contributed by atoms with E-state index in [1.54, 1.807) is 0 Å². The first-order valence-electron chi connectivity index (χ1n) is 42.1. The van der Waals surface area contributed by atoms with Crippen LogP contribution >= 0.6 is 0 Å². The molecule has 121 heavy (non-hydrogen) atoms. The van der Waals surface area contributed by atoms with Crippen molar-refractivity contribution in [1.82, 2.24) is 10.2 Å². The van der Waals surface area contributed by atoms with E-state index >= 15 is 0 Å². The lowest BCUT2D eigenvalue weighted by atomic mass is 9.78. The molecule has 0 aliphatic rings. The Morgan fingerprint density at radius 2 is 0.537 bits per heavy atom. The summed E-state index contributed by atoms with van der Waals surface area (Å²) in [5.74, 6) is 2.63. The van der Waals surface area contributed by atoms with Crippen molar-refractivity contribution in [2.75, 3.05) is 97.4 Å². The first-order valence-corrected chi connectivity index (χ1v) is 42.1. The monoisotopic (exact) mass is 1620 g/mol. The summed E-state index contributed by atoms with van der Waals surface area (Å²) in [4.78, 5) is 1.96. The van der Waals surface area contributed by atoms with Gasteiger partial charge in [0.05, 0.1) is 25.4 Å². The molecule has 0 aliphatic heterocycles. The summed E-state index contributed by atoms with van der Waals surface area (Å²) in [7, 11) is 0. The Labute approximate surface area is 711 Å². The second kappa shape index (κ2) is 43.0. The quantitative estimate of drug-likeness (QED) is 0.0149. The third-order valence-electron chi connectivity index (χ3n) is 22.1. The Hall–Kier alpha value is -11.8. The van der Waals surface area contributed by atoms with Crippen LogP contribution in [-0.2, 0) is 20.3 Å². The van der Waals surface area contributed by atoms with Crippen molar-refractivity contribution in [2.45, 2.75) is 82.9 Å². The number of aliphatic hydroxyl groups is 5. The molecule has 5 unspecified atom stereocenters. The van der Waals surface area contributed by atoms with Crippen molar-refractivity contribution in [3.05, 3.63) is 356 Å². The molecule has 0 aromatic heterocycles. The number of aliphatic hydroxyl groups excluding tert-OH is 5. The number of nitrogens with one attached hydrogen (secondary N) is 2. The SMILES string of the molecule is CCOCC(O)CN(CCNCC(O)COc1ccc(C(C)(C)c2ccc(OCC(O)COc3ccc(C(C)(C)c4ccc(OCC(O)CNc5cccc6cc7ccccc7cc56)cc4)cc3)cc2)cc1)CC(O)COCC.c1ccc2cc3ccccc3cc2c1.c1ccc2cc3ccccc3cc2c1.c1ccc2cc3ccccc3cc2c1. The highest BCUT2D eigenvalue weighted by atomic mass is 16.5. The minimum Gasteiger partial charge on any atom is -0.491 e. The van der Waals surface area contributed by atoms with Gasteiger partial charge in [-0.2, -0.15) is 0 Å². The molecular formula is C107H113N3O11. The van der Waals surface area contributed by atoms with Gasteiger partial charge in [-0.25, -0.2) is 0 Å². The van der Waals surface area contributed by atoms with Crippen molar-refractivity contribution < 1.29 is 54.0 Å². The average Bonchev–Trinajstić information content (AvgIpc) is 0.801. The van der Waals surface area contributed by atoms with Gasteiger partial charge in [0.15, 0.2) is 0 Å². The van der Waals surface area contributed by atoms with E-state index in [1.807, 2.05) is 128 Å². The number of hydrogen-bond acceptors (Lipinski definition) is 14. The van der Waals surface area contributed by atoms with Gasteiger partial charge in [0.1, 0.15) is 67.7 Å². The first kappa shape index (κ1) is 87.1. The molecule has 0 radical (unpaired) electrons. The fourth-order valence-corrected chi connectivity index (χ4v) is 15.1. The zero-order valence-corrected chi connectivity index (χ0v) is 70.2. The summed E-state index contributed by atoms with van der Waals surface area (Å²) < 4.78 is 34.5. The van der Waals surface area contributed by atoms with Gasteiger partial charge in [-0.15, -0.1) is 0 Å². The predicted molar refractivity (Wildman–Crippen MR) is 499 cm³/mol. The van der Waals surface area contributed by atoms with Crippen LogP contribution in [0.4, 0.5) is 5.69 Å². The Balaban J connectivity index is 0.000000235. The highest BCUT2D eigenvalue weighted by Gasteiger charge is 2.26. The number of rotatable bonds is 34. The maximum absolute atomic E-state index is 10.8. The van der Waals surface area contributed by atoms with Gasteiger partial charge in [0.2, 0.25) is 0 Å². The van der Waals surface area contributed by atoms with Crippen LogP contribution < -0.4 is 29.6 Å². The summed E-state index contributed by atoms with van der Waals surface area (Å²) in [6.07, 6.45) is -3.66. The molecule has 14 heteroatoms. The number of fused-ring (bicyclic) bond motifs is 8. The zero-order valence-electron chi connectivity index (χ0n) is 70.2. The van der Waals surface area contributed by atoms with Crippen molar-refractivity contribution >= 4 is 91.9 Å². The summed E-state index contributed by atoms with van der Waals surface area (Å²) in [5.41, 5.74) is 4.73. The van der Waals surface area contributed by atoms with E-state index in [0.717, 1.165) is 38.7 Å². The molecule has 0 saturated carbocycles. The minimum absolute atomic E-state index is 0.0674. The standard InChI is InChI=1S/C65H83N3O11.3C14H10/c1-7-74-40-55(71)38-68(39-56(72)41-75-8-2)33-32-66-36-53(69)42-76-58-24-16-49(17-25-58)64(3,4)51-20-28-60(29-21-51)78-44-57(73)45-79-61-30-22-52(23-31-61)65(5,6)50-18-26-59(27-19-50)77-43-54(70)37-67-63-15-11-14-48-34-46-12-9-10-13-47(46)35-62(48)63;3*1-2-6-12-10-14-8-4-3-7-13(14)9-11(12)5-1/h9-31,34-35,53-57,66-67,69-73H,7-8,32-33,36-45H2,1-6H3;3*1-10H. The first-order chi connectivity index (χ1) is 58.9. The molecule has 16 aromatic rings. The lowest BCUT2D eigenvalue weighted by molar-refractivity contribution is -0.00651. The van der Waals surface area contributed by atoms with Crippen molar-refractivity contribution in [3.8, 4) is 23.0 Å². The topological polar surface area (TPSA) is 184 Å². The van der Waals surface area contributed by atoms with Crippen LogP contribution in [0.1, 0.15) is 63.8 Å². The van der Waals surface area contributed by atoms with Crippen LogP contribution in [0, 0.1) is 0 Å². The van der Waals surface area contributed by atoms with Gasteiger partial charge in [-0.1, -0.05) is 258 Å². The van der Waals surface area contributed by atoms with E-state index < -0.39 is 30.5 Å².